The lowest BCUT2D eigenvalue weighted by Gasteiger charge is -2.09. The third kappa shape index (κ3) is 2.11. The van der Waals surface area contributed by atoms with Crippen LogP contribution in [0, 0.1) is 13.8 Å². The Morgan fingerprint density at radius 1 is 1.30 bits per heavy atom. The number of ether oxygens (including phenoxy) is 1. The van der Waals surface area contributed by atoms with E-state index in [2.05, 4.69) is 21.1 Å². The van der Waals surface area contributed by atoms with Gasteiger partial charge in [0.25, 0.3) is 0 Å². The summed E-state index contributed by atoms with van der Waals surface area (Å²) in [5.41, 5.74) is 3.95. The number of pyridine rings is 2. The number of hydrogen-bond donors (Lipinski definition) is 0. The van der Waals surface area contributed by atoms with Gasteiger partial charge in [-0.3, -0.25) is 0 Å². The minimum absolute atomic E-state index is 0.591. The van der Waals surface area contributed by atoms with Crippen LogP contribution in [-0.2, 0) is 0 Å². The van der Waals surface area contributed by atoms with E-state index in [4.69, 9.17) is 4.74 Å². The second-order valence-corrected chi connectivity index (χ2v) is 4.63. The van der Waals surface area contributed by atoms with Crippen molar-refractivity contribution in [3.05, 3.63) is 42.0 Å². The molecule has 3 heterocycles. The summed E-state index contributed by atoms with van der Waals surface area (Å²) in [5, 5.41) is 4.38. The highest BCUT2D eigenvalue weighted by Crippen LogP contribution is 2.29. The average Bonchev–Trinajstić information content (AvgIpc) is 2.81. The highest BCUT2D eigenvalue weighted by Gasteiger charge is 2.11. The van der Waals surface area contributed by atoms with Crippen LogP contribution in [0.15, 0.2) is 30.6 Å². The van der Waals surface area contributed by atoms with Crippen molar-refractivity contribution in [2.24, 2.45) is 0 Å². The lowest BCUT2D eigenvalue weighted by atomic mass is 10.1. The summed E-state index contributed by atoms with van der Waals surface area (Å²) in [6, 6.07) is 6.00. The van der Waals surface area contributed by atoms with Gasteiger partial charge in [-0.25, -0.2) is 14.5 Å². The number of aromatic nitrogens is 4. The summed E-state index contributed by atoms with van der Waals surface area (Å²) in [5.74, 6) is 1.41. The SMILES string of the molecule is CCOc1ncccc1-c1cc(C)c2nc(C)nn2c1. The van der Waals surface area contributed by atoms with Gasteiger partial charge in [-0.2, -0.15) is 5.10 Å². The van der Waals surface area contributed by atoms with Crippen molar-refractivity contribution in [1.29, 1.82) is 0 Å². The maximum atomic E-state index is 5.59. The predicted octanol–water partition coefficient (Wildman–Crippen LogP) is 2.81. The van der Waals surface area contributed by atoms with Gasteiger partial charge in [0.1, 0.15) is 5.82 Å². The molecule has 5 nitrogen and oxygen atoms in total. The van der Waals surface area contributed by atoms with Gasteiger partial charge in [-0.15, -0.1) is 0 Å². The van der Waals surface area contributed by atoms with E-state index < -0.39 is 0 Å². The molecule has 0 unspecified atom stereocenters. The molecular formula is C15H16N4O. The molecule has 20 heavy (non-hydrogen) atoms. The third-order valence-electron chi connectivity index (χ3n) is 3.09. The number of rotatable bonds is 3. The molecule has 3 aromatic heterocycles. The Morgan fingerprint density at radius 2 is 2.15 bits per heavy atom. The molecule has 0 amide bonds. The zero-order chi connectivity index (χ0) is 14.1. The van der Waals surface area contributed by atoms with Crippen molar-refractivity contribution in [1.82, 2.24) is 19.6 Å². The predicted molar refractivity (Wildman–Crippen MR) is 76.9 cm³/mol. The maximum absolute atomic E-state index is 5.59. The molecule has 3 rings (SSSR count). The maximum Gasteiger partial charge on any atom is 0.221 e. The van der Waals surface area contributed by atoms with E-state index in [0.717, 1.165) is 28.2 Å². The molecule has 0 aliphatic heterocycles. The van der Waals surface area contributed by atoms with Crippen molar-refractivity contribution in [3.8, 4) is 17.0 Å². The van der Waals surface area contributed by atoms with Crippen LogP contribution in [0.4, 0.5) is 0 Å². The van der Waals surface area contributed by atoms with Crippen molar-refractivity contribution < 1.29 is 4.74 Å². The third-order valence-corrected chi connectivity index (χ3v) is 3.09. The minimum atomic E-state index is 0.591. The molecule has 5 heteroatoms. The van der Waals surface area contributed by atoms with Crippen LogP contribution in [-0.4, -0.2) is 26.2 Å². The first-order valence-corrected chi connectivity index (χ1v) is 6.61. The fourth-order valence-corrected chi connectivity index (χ4v) is 2.27. The van der Waals surface area contributed by atoms with Crippen LogP contribution in [0.5, 0.6) is 5.88 Å². The topological polar surface area (TPSA) is 52.3 Å². The summed E-state index contributed by atoms with van der Waals surface area (Å²) < 4.78 is 7.40. The molecule has 0 radical (unpaired) electrons. The first-order valence-electron chi connectivity index (χ1n) is 6.61. The molecule has 3 aromatic rings. The molecule has 0 N–H and O–H groups in total. The van der Waals surface area contributed by atoms with Crippen LogP contribution in [0.25, 0.3) is 16.8 Å². The van der Waals surface area contributed by atoms with E-state index in [0.29, 0.717) is 12.5 Å². The van der Waals surface area contributed by atoms with Crippen LogP contribution in [0.3, 0.4) is 0 Å². The molecule has 0 saturated heterocycles. The van der Waals surface area contributed by atoms with Crippen molar-refractivity contribution >= 4 is 5.65 Å². The summed E-state index contributed by atoms with van der Waals surface area (Å²) in [6.07, 6.45) is 3.70. The van der Waals surface area contributed by atoms with Crippen molar-refractivity contribution in [3.63, 3.8) is 0 Å². The summed E-state index contributed by atoms with van der Waals surface area (Å²) >= 11 is 0. The van der Waals surface area contributed by atoms with Gasteiger partial charge in [0, 0.05) is 23.5 Å². The monoisotopic (exact) mass is 268 g/mol. The Labute approximate surface area is 117 Å². The van der Waals surface area contributed by atoms with Gasteiger partial charge in [-0.1, -0.05) is 0 Å². The minimum Gasteiger partial charge on any atom is -0.478 e. The quantitative estimate of drug-likeness (QED) is 0.733. The summed E-state index contributed by atoms with van der Waals surface area (Å²) in [4.78, 5) is 8.70. The number of nitrogens with zero attached hydrogens (tertiary/aromatic N) is 4. The first-order chi connectivity index (χ1) is 9.69. The molecule has 0 fully saturated rings. The van der Waals surface area contributed by atoms with Gasteiger partial charge < -0.3 is 4.74 Å². The molecule has 0 saturated carbocycles. The van der Waals surface area contributed by atoms with Crippen molar-refractivity contribution in [2.75, 3.05) is 6.61 Å². The van der Waals surface area contributed by atoms with E-state index in [1.165, 1.54) is 0 Å². The van der Waals surface area contributed by atoms with Gasteiger partial charge in [0.2, 0.25) is 5.88 Å². The van der Waals surface area contributed by atoms with Crippen LogP contribution in [0.1, 0.15) is 18.3 Å². The summed E-state index contributed by atoms with van der Waals surface area (Å²) in [7, 11) is 0. The Hall–Kier alpha value is -2.43. The second-order valence-electron chi connectivity index (χ2n) is 4.63. The molecule has 0 aromatic carbocycles. The Morgan fingerprint density at radius 3 is 2.95 bits per heavy atom. The zero-order valence-electron chi connectivity index (χ0n) is 11.8. The first kappa shape index (κ1) is 12.6. The molecule has 0 spiro atoms. The van der Waals surface area contributed by atoms with E-state index in [9.17, 15) is 0 Å². The zero-order valence-corrected chi connectivity index (χ0v) is 11.8. The van der Waals surface area contributed by atoms with Crippen LogP contribution in [0.2, 0.25) is 0 Å². The Kier molecular flexibility index (Phi) is 3.10. The number of aryl methyl sites for hydroxylation is 2. The Balaban J connectivity index is 2.19. The van der Waals surface area contributed by atoms with Crippen LogP contribution >= 0.6 is 0 Å². The fourth-order valence-electron chi connectivity index (χ4n) is 2.27. The highest BCUT2D eigenvalue weighted by molar-refractivity contribution is 5.70. The molecule has 0 bridgehead atoms. The lowest BCUT2D eigenvalue weighted by molar-refractivity contribution is 0.328. The van der Waals surface area contributed by atoms with E-state index in [1.54, 1.807) is 6.20 Å². The smallest absolute Gasteiger partial charge is 0.221 e. The number of fused-ring (bicyclic) bond motifs is 1. The average molecular weight is 268 g/mol. The fraction of sp³-hybridized carbons (Fsp3) is 0.267. The molecular weight excluding hydrogens is 252 g/mol. The molecule has 0 aliphatic rings. The second kappa shape index (κ2) is 4.92. The van der Waals surface area contributed by atoms with Gasteiger partial charge in [0.15, 0.2) is 5.65 Å². The number of hydrogen-bond acceptors (Lipinski definition) is 4. The van der Waals surface area contributed by atoms with E-state index >= 15 is 0 Å². The molecule has 102 valence electrons. The summed E-state index contributed by atoms with van der Waals surface area (Å²) in [6.45, 7) is 6.47. The highest BCUT2D eigenvalue weighted by atomic mass is 16.5. The van der Waals surface area contributed by atoms with Gasteiger partial charge >= 0.3 is 0 Å². The standard InChI is InChI=1S/C15H16N4O/c1-4-20-15-13(6-5-7-16-15)12-8-10(2)14-17-11(3)18-19(14)9-12/h5-9H,4H2,1-3H3. The van der Waals surface area contributed by atoms with E-state index in [-0.39, 0.29) is 0 Å². The lowest BCUT2D eigenvalue weighted by Crippen LogP contribution is -1.98. The van der Waals surface area contributed by atoms with Crippen molar-refractivity contribution in [2.45, 2.75) is 20.8 Å². The molecule has 0 atom stereocenters. The normalized spacial score (nSPS) is 10.9. The van der Waals surface area contributed by atoms with Gasteiger partial charge in [0.05, 0.1) is 6.61 Å². The Bertz CT molecular complexity index is 764. The van der Waals surface area contributed by atoms with Crippen LogP contribution < -0.4 is 4.74 Å². The van der Waals surface area contributed by atoms with Gasteiger partial charge in [-0.05, 0) is 44.5 Å². The molecule has 0 aliphatic carbocycles. The van der Waals surface area contributed by atoms with E-state index in [1.807, 2.05) is 43.6 Å². The largest absolute Gasteiger partial charge is 0.478 e.